The van der Waals surface area contributed by atoms with Crippen molar-refractivity contribution in [2.75, 3.05) is 25.1 Å². The normalized spacial score (nSPS) is 14.7. The number of benzene rings is 1. The van der Waals surface area contributed by atoms with Gasteiger partial charge >= 0.3 is 12.2 Å². The van der Waals surface area contributed by atoms with Gasteiger partial charge in [-0.05, 0) is 72.4 Å². The maximum atomic E-state index is 13.8. The van der Waals surface area contributed by atoms with Crippen LogP contribution in [0.4, 0.5) is 15.3 Å². The number of methoxy groups -OCH3 is 1. The van der Waals surface area contributed by atoms with Crippen molar-refractivity contribution in [2.45, 2.75) is 102 Å². The lowest BCUT2D eigenvalue weighted by Crippen LogP contribution is -2.42. The van der Waals surface area contributed by atoms with Crippen molar-refractivity contribution in [3.05, 3.63) is 47.8 Å². The summed E-state index contributed by atoms with van der Waals surface area (Å²) in [5.74, 6) is 0.843. The van der Waals surface area contributed by atoms with E-state index < -0.39 is 17.3 Å². The minimum absolute atomic E-state index is 0.164. The minimum atomic E-state index is -0.697. The van der Waals surface area contributed by atoms with E-state index in [-0.39, 0.29) is 23.8 Å². The summed E-state index contributed by atoms with van der Waals surface area (Å²) in [6, 6.07) is 9.56. The molecule has 0 saturated carbocycles. The molecule has 0 spiro atoms. The lowest BCUT2D eigenvalue weighted by atomic mass is 10.1. The summed E-state index contributed by atoms with van der Waals surface area (Å²) in [7, 11) is 1.62. The highest BCUT2D eigenvalue weighted by Gasteiger charge is 2.31. The van der Waals surface area contributed by atoms with Crippen LogP contribution in [0.1, 0.15) is 85.4 Å². The number of fused-ring (bicyclic) bond motifs is 1. The summed E-state index contributed by atoms with van der Waals surface area (Å²) in [6.45, 7) is 16.8. The molecule has 1 aliphatic heterocycles. The number of rotatable bonds is 7. The second-order valence-electron chi connectivity index (χ2n) is 13.1. The molecular weight excluding hydrogens is 566 g/mol. The molecule has 234 valence electrons. The van der Waals surface area contributed by atoms with E-state index in [9.17, 15) is 9.59 Å². The van der Waals surface area contributed by atoms with Gasteiger partial charge < -0.3 is 19.1 Å². The minimum Gasteiger partial charge on any atom is -0.496 e. The van der Waals surface area contributed by atoms with Gasteiger partial charge in [-0.25, -0.2) is 19.1 Å². The molecule has 1 fully saturated rings. The molecule has 0 atom stereocenters. The Labute approximate surface area is 259 Å². The number of para-hydroxylation sites is 1. The molecule has 0 N–H and O–H groups in total. The van der Waals surface area contributed by atoms with Crippen LogP contribution in [-0.4, -0.2) is 68.3 Å². The van der Waals surface area contributed by atoms with Crippen LogP contribution in [0.2, 0.25) is 0 Å². The van der Waals surface area contributed by atoms with Crippen molar-refractivity contribution in [3.8, 4) is 5.75 Å². The molecule has 4 rings (SSSR count). The van der Waals surface area contributed by atoms with Gasteiger partial charge in [-0.2, -0.15) is 5.10 Å². The van der Waals surface area contributed by atoms with E-state index in [4.69, 9.17) is 24.3 Å². The second-order valence-corrected chi connectivity index (χ2v) is 14.4. The van der Waals surface area contributed by atoms with Gasteiger partial charge in [0.05, 0.1) is 31.2 Å². The van der Waals surface area contributed by atoms with Crippen molar-refractivity contribution in [3.63, 3.8) is 0 Å². The maximum absolute atomic E-state index is 13.8. The maximum Gasteiger partial charge on any atom is 0.415 e. The topological polar surface area (TPSA) is 98.5 Å². The van der Waals surface area contributed by atoms with E-state index in [1.54, 1.807) is 28.7 Å². The van der Waals surface area contributed by atoms with Crippen molar-refractivity contribution in [1.82, 2.24) is 19.5 Å². The highest BCUT2D eigenvalue weighted by molar-refractivity contribution is 7.99. The first-order valence-electron chi connectivity index (χ1n) is 14.8. The number of piperidine rings is 1. The van der Waals surface area contributed by atoms with E-state index in [2.05, 4.69) is 13.8 Å². The number of anilines is 1. The first-order valence-corrected chi connectivity index (χ1v) is 15.7. The molecule has 0 radical (unpaired) electrons. The van der Waals surface area contributed by atoms with E-state index >= 15 is 0 Å². The molecule has 1 saturated heterocycles. The van der Waals surface area contributed by atoms with E-state index in [0.29, 0.717) is 30.2 Å². The summed E-state index contributed by atoms with van der Waals surface area (Å²) in [5.41, 5.74) is 1.74. The highest BCUT2D eigenvalue weighted by atomic mass is 32.2. The van der Waals surface area contributed by atoms with Crippen LogP contribution >= 0.6 is 11.8 Å². The standard InChI is InChI=1S/C32H45N5O5S/c1-21(2)25-19-33-28-24(36(30(39)42-32(6,7)8)20-22-12-10-11-13-26(22)40-9)18-27(34-37(25)28)43-23-14-16-35(17-15-23)29(38)41-31(3,4)5/h10-13,18-19,21,23H,14-17,20H2,1-9H3. The molecule has 0 unspecified atom stereocenters. The average molecular weight is 612 g/mol. The molecule has 0 bridgehead atoms. The predicted molar refractivity (Wildman–Crippen MR) is 169 cm³/mol. The Morgan fingerprint density at radius 1 is 1.05 bits per heavy atom. The number of likely N-dealkylation sites (tertiary alicyclic amines) is 1. The molecule has 3 aromatic rings. The molecule has 2 aromatic heterocycles. The van der Waals surface area contributed by atoms with Crippen molar-refractivity contribution < 1.29 is 23.8 Å². The number of hydrogen-bond donors (Lipinski definition) is 0. The Kier molecular flexibility index (Phi) is 9.83. The number of hydrogen-bond acceptors (Lipinski definition) is 8. The Bertz CT molecular complexity index is 1430. The van der Waals surface area contributed by atoms with Gasteiger partial charge in [0.15, 0.2) is 5.65 Å². The lowest BCUT2D eigenvalue weighted by molar-refractivity contribution is 0.0219. The number of nitrogens with zero attached hydrogens (tertiary/aromatic N) is 5. The first kappa shape index (κ1) is 32.4. The number of carbonyl (C=O) groups is 2. The Morgan fingerprint density at radius 2 is 1.70 bits per heavy atom. The van der Waals surface area contributed by atoms with Crippen LogP contribution < -0.4 is 9.64 Å². The van der Waals surface area contributed by atoms with Crippen LogP contribution in [-0.2, 0) is 16.0 Å². The third-order valence-electron chi connectivity index (χ3n) is 6.85. The van der Waals surface area contributed by atoms with Gasteiger partial charge in [-0.15, -0.1) is 11.8 Å². The Morgan fingerprint density at radius 3 is 2.30 bits per heavy atom. The predicted octanol–water partition coefficient (Wildman–Crippen LogP) is 7.29. The highest BCUT2D eigenvalue weighted by Crippen LogP contribution is 2.35. The summed E-state index contributed by atoms with van der Waals surface area (Å²) in [4.78, 5) is 34.5. The van der Waals surface area contributed by atoms with Crippen molar-refractivity contribution in [2.24, 2.45) is 0 Å². The van der Waals surface area contributed by atoms with Gasteiger partial charge in [0.1, 0.15) is 22.0 Å². The number of amides is 2. The van der Waals surface area contributed by atoms with Crippen molar-refractivity contribution in [1.29, 1.82) is 0 Å². The fourth-order valence-corrected chi connectivity index (χ4v) is 5.92. The summed E-state index contributed by atoms with van der Waals surface area (Å²) in [6.07, 6.45) is 2.67. The molecule has 11 heteroatoms. The number of ether oxygens (including phenoxy) is 3. The average Bonchev–Trinajstić information content (AvgIpc) is 3.34. The van der Waals surface area contributed by atoms with Crippen LogP contribution in [0.15, 0.2) is 41.6 Å². The monoisotopic (exact) mass is 611 g/mol. The smallest absolute Gasteiger partial charge is 0.415 e. The van der Waals surface area contributed by atoms with Gasteiger partial charge in [-0.1, -0.05) is 32.0 Å². The van der Waals surface area contributed by atoms with Crippen molar-refractivity contribution >= 4 is 35.3 Å². The van der Waals surface area contributed by atoms with Crippen LogP contribution in [0.25, 0.3) is 5.65 Å². The zero-order valence-corrected chi connectivity index (χ0v) is 27.7. The summed E-state index contributed by atoms with van der Waals surface area (Å²) in [5, 5.41) is 5.99. The summed E-state index contributed by atoms with van der Waals surface area (Å²) >= 11 is 1.66. The summed E-state index contributed by atoms with van der Waals surface area (Å²) < 4.78 is 18.9. The number of aromatic nitrogens is 3. The number of thioether (sulfide) groups is 1. The molecule has 43 heavy (non-hydrogen) atoms. The van der Waals surface area contributed by atoms with Gasteiger partial charge in [-0.3, -0.25) is 4.90 Å². The second kappa shape index (κ2) is 13.0. The van der Waals surface area contributed by atoms with Crippen LogP contribution in [0.3, 0.4) is 0 Å². The molecule has 10 nitrogen and oxygen atoms in total. The molecule has 2 amide bonds. The Hall–Kier alpha value is -3.47. The SMILES string of the molecule is COc1ccccc1CN(C(=O)OC(C)(C)C)c1cc(SC2CCN(C(=O)OC(C)(C)C)CC2)nn2c(C(C)C)cnc12. The zero-order valence-electron chi connectivity index (χ0n) is 26.8. The molecule has 1 aromatic carbocycles. The first-order chi connectivity index (χ1) is 20.1. The largest absolute Gasteiger partial charge is 0.496 e. The van der Waals surface area contributed by atoms with E-state index in [0.717, 1.165) is 29.1 Å². The van der Waals surface area contributed by atoms with Gasteiger partial charge in [0.25, 0.3) is 0 Å². The third kappa shape index (κ3) is 8.34. The zero-order chi connectivity index (χ0) is 31.5. The third-order valence-corrected chi connectivity index (χ3v) is 8.10. The van der Waals surface area contributed by atoms with Gasteiger partial charge in [0, 0.05) is 23.9 Å². The Balaban J connectivity index is 1.70. The fourth-order valence-electron chi connectivity index (χ4n) is 4.82. The quantitative estimate of drug-likeness (QED) is 0.275. The van der Waals surface area contributed by atoms with Crippen LogP contribution in [0.5, 0.6) is 5.75 Å². The van der Waals surface area contributed by atoms with E-state index in [1.165, 1.54) is 0 Å². The van der Waals surface area contributed by atoms with Crippen LogP contribution in [0, 0.1) is 0 Å². The molecule has 0 aliphatic carbocycles. The van der Waals surface area contributed by atoms with Gasteiger partial charge in [0.2, 0.25) is 0 Å². The number of carbonyl (C=O) groups excluding carboxylic acids is 2. The van der Waals surface area contributed by atoms with E-state index in [1.807, 2.05) is 82.6 Å². The lowest BCUT2D eigenvalue weighted by Gasteiger charge is -2.33. The number of imidazole rings is 1. The molecular formula is C32H45N5O5S. The fraction of sp³-hybridized carbons (Fsp3) is 0.562. The molecule has 1 aliphatic rings. The molecule has 3 heterocycles.